The van der Waals surface area contributed by atoms with Gasteiger partial charge in [0.05, 0.1) is 19.2 Å². The number of anilines is 1. The van der Waals surface area contributed by atoms with Crippen molar-refractivity contribution in [3.8, 4) is 5.75 Å². The van der Waals surface area contributed by atoms with Gasteiger partial charge in [0.15, 0.2) is 0 Å². The number of fused-ring (bicyclic) bond motifs is 1. The number of hydrogen-bond acceptors (Lipinski definition) is 4. The van der Waals surface area contributed by atoms with E-state index in [2.05, 4.69) is 52.7 Å². The molecule has 0 aliphatic carbocycles. The molecule has 1 N–H and O–H groups in total. The number of nitrogens with one attached hydrogen (secondary N) is 1. The third-order valence-electron chi connectivity index (χ3n) is 4.92. The van der Waals surface area contributed by atoms with Gasteiger partial charge in [-0.1, -0.05) is 49.4 Å². The van der Waals surface area contributed by atoms with Gasteiger partial charge in [-0.3, -0.25) is 0 Å². The molecule has 2 aromatic carbocycles. The van der Waals surface area contributed by atoms with Crippen LogP contribution in [0, 0.1) is 0 Å². The standard InChI is InChI=1S/C20H22N4O/c1-3-14-8-10-15(11-9-14)17-12-18(24-20(23-17)21-13-22-24)16-6-4-5-7-19(16)25-2/h4-11,13,17-18H,3,12H2,1-2H3,(H,21,22,23)/t17-,18+/m1/s1. The van der Waals surface area contributed by atoms with Gasteiger partial charge in [0.2, 0.25) is 5.95 Å². The van der Waals surface area contributed by atoms with Crippen LogP contribution in [-0.2, 0) is 6.42 Å². The zero-order valence-electron chi connectivity index (χ0n) is 14.5. The average molecular weight is 334 g/mol. The maximum absolute atomic E-state index is 5.58. The molecule has 3 aromatic rings. The summed E-state index contributed by atoms with van der Waals surface area (Å²) in [5.41, 5.74) is 3.75. The Balaban J connectivity index is 1.72. The zero-order valence-corrected chi connectivity index (χ0v) is 14.5. The van der Waals surface area contributed by atoms with Crippen LogP contribution < -0.4 is 10.1 Å². The highest BCUT2D eigenvalue weighted by atomic mass is 16.5. The number of aryl methyl sites for hydroxylation is 1. The summed E-state index contributed by atoms with van der Waals surface area (Å²) in [6.45, 7) is 2.17. The molecule has 25 heavy (non-hydrogen) atoms. The van der Waals surface area contributed by atoms with Crippen LogP contribution in [0.1, 0.15) is 42.1 Å². The highest BCUT2D eigenvalue weighted by molar-refractivity contribution is 5.42. The molecule has 1 aliphatic heterocycles. The van der Waals surface area contributed by atoms with E-state index in [0.29, 0.717) is 0 Å². The lowest BCUT2D eigenvalue weighted by Gasteiger charge is -2.32. The molecule has 0 radical (unpaired) electrons. The second kappa shape index (κ2) is 6.59. The summed E-state index contributed by atoms with van der Waals surface area (Å²) < 4.78 is 7.53. The van der Waals surface area contributed by atoms with E-state index in [1.807, 2.05) is 22.9 Å². The number of aromatic nitrogens is 3. The van der Waals surface area contributed by atoms with E-state index in [4.69, 9.17) is 4.74 Å². The van der Waals surface area contributed by atoms with Gasteiger partial charge in [-0.25, -0.2) is 4.68 Å². The Kier molecular flexibility index (Phi) is 4.14. The monoisotopic (exact) mass is 334 g/mol. The molecular formula is C20H22N4O. The van der Waals surface area contributed by atoms with E-state index in [-0.39, 0.29) is 12.1 Å². The quantitative estimate of drug-likeness (QED) is 0.784. The lowest BCUT2D eigenvalue weighted by atomic mass is 9.92. The maximum atomic E-state index is 5.58. The zero-order chi connectivity index (χ0) is 17.2. The maximum Gasteiger partial charge on any atom is 0.222 e. The van der Waals surface area contributed by atoms with Crippen LogP contribution in [0.4, 0.5) is 5.95 Å². The van der Waals surface area contributed by atoms with Crippen molar-refractivity contribution in [3.05, 3.63) is 71.5 Å². The summed E-state index contributed by atoms with van der Waals surface area (Å²) in [4.78, 5) is 4.40. The van der Waals surface area contributed by atoms with Crippen LogP contribution in [-0.4, -0.2) is 21.9 Å². The van der Waals surface area contributed by atoms with Gasteiger partial charge < -0.3 is 10.1 Å². The minimum absolute atomic E-state index is 0.0887. The van der Waals surface area contributed by atoms with E-state index in [0.717, 1.165) is 30.1 Å². The molecule has 5 nitrogen and oxygen atoms in total. The van der Waals surface area contributed by atoms with Crippen LogP contribution in [0.5, 0.6) is 5.75 Å². The predicted molar refractivity (Wildman–Crippen MR) is 98.0 cm³/mol. The van der Waals surface area contributed by atoms with Gasteiger partial charge in [0.1, 0.15) is 12.1 Å². The van der Waals surface area contributed by atoms with Crippen molar-refractivity contribution in [2.75, 3.05) is 12.4 Å². The molecular weight excluding hydrogens is 312 g/mol. The molecule has 1 aliphatic rings. The minimum Gasteiger partial charge on any atom is -0.496 e. The Hall–Kier alpha value is -2.82. The average Bonchev–Trinajstić information content (AvgIpc) is 3.16. The summed E-state index contributed by atoms with van der Waals surface area (Å²) in [6, 6.07) is 17.3. The second-order valence-electron chi connectivity index (χ2n) is 6.31. The van der Waals surface area contributed by atoms with Crippen molar-refractivity contribution in [1.82, 2.24) is 14.8 Å². The van der Waals surface area contributed by atoms with Crippen LogP contribution in [0.3, 0.4) is 0 Å². The lowest BCUT2D eigenvalue weighted by Crippen LogP contribution is -2.28. The molecule has 5 heteroatoms. The highest BCUT2D eigenvalue weighted by Gasteiger charge is 2.31. The number of benzene rings is 2. The topological polar surface area (TPSA) is 52.0 Å². The summed E-state index contributed by atoms with van der Waals surface area (Å²) in [5, 5.41) is 7.95. The number of rotatable bonds is 4. The first-order chi connectivity index (χ1) is 12.3. The third kappa shape index (κ3) is 2.86. The smallest absolute Gasteiger partial charge is 0.222 e. The normalized spacial score (nSPS) is 19.1. The predicted octanol–water partition coefficient (Wildman–Crippen LogP) is 4.00. The Morgan fingerprint density at radius 2 is 1.96 bits per heavy atom. The van der Waals surface area contributed by atoms with E-state index >= 15 is 0 Å². The van der Waals surface area contributed by atoms with Crippen LogP contribution >= 0.6 is 0 Å². The van der Waals surface area contributed by atoms with Gasteiger partial charge >= 0.3 is 0 Å². The number of methoxy groups -OCH3 is 1. The minimum atomic E-state index is 0.0887. The molecule has 4 rings (SSSR count). The molecule has 0 amide bonds. The van der Waals surface area contributed by atoms with E-state index < -0.39 is 0 Å². The molecule has 128 valence electrons. The van der Waals surface area contributed by atoms with E-state index in [1.54, 1.807) is 13.4 Å². The van der Waals surface area contributed by atoms with Crippen LogP contribution in [0.25, 0.3) is 0 Å². The van der Waals surface area contributed by atoms with Crippen molar-refractivity contribution >= 4 is 5.95 Å². The lowest BCUT2D eigenvalue weighted by molar-refractivity contribution is 0.380. The summed E-state index contributed by atoms with van der Waals surface area (Å²) in [5.74, 6) is 1.68. The fourth-order valence-corrected chi connectivity index (χ4v) is 3.52. The van der Waals surface area contributed by atoms with E-state index in [9.17, 15) is 0 Å². The van der Waals surface area contributed by atoms with Crippen molar-refractivity contribution in [2.45, 2.75) is 31.8 Å². The fraction of sp³-hybridized carbons (Fsp3) is 0.300. The van der Waals surface area contributed by atoms with Crippen molar-refractivity contribution in [2.24, 2.45) is 0 Å². The Morgan fingerprint density at radius 1 is 1.16 bits per heavy atom. The summed E-state index contributed by atoms with van der Waals surface area (Å²) >= 11 is 0. The summed E-state index contributed by atoms with van der Waals surface area (Å²) in [6.07, 6.45) is 3.55. The molecule has 2 atom stereocenters. The molecule has 0 saturated carbocycles. The molecule has 0 bridgehead atoms. The molecule has 0 unspecified atom stereocenters. The number of nitrogens with zero attached hydrogens (tertiary/aromatic N) is 3. The Labute approximate surface area is 147 Å². The first-order valence-corrected chi connectivity index (χ1v) is 8.68. The van der Waals surface area contributed by atoms with Gasteiger partial charge in [0.25, 0.3) is 0 Å². The first kappa shape index (κ1) is 15.7. The van der Waals surface area contributed by atoms with Crippen molar-refractivity contribution in [1.29, 1.82) is 0 Å². The third-order valence-corrected chi connectivity index (χ3v) is 4.92. The molecule has 0 spiro atoms. The number of ether oxygens (including phenoxy) is 1. The van der Waals surface area contributed by atoms with Crippen LogP contribution in [0.15, 0.2) is 54.9 Å². The van der Waals surface area contributed by atoms with Crippen molar-refractivity contribution in [3.63, 3.8) is 0 Å². The number of para-hydroxylation sites is 1. The summed E-state index contributed by atoms with van der Waals surface area (Å²) in [7, 11) is 1.71. The number of hydrogen-bond donors (Lipinski definition) is 1. The largest absolute Gasteiger partial charge is 0.496 e. The van der Waals surface area contributed by atoms with E-state index in [1.165, 1.54) is 11.1 Å². The Bertz CT molecular complexity index is 856. The first-order valence-electron chi connectivity index (χ1n) is 8.68. The second-order valence-corrected chi connectivity index (χ2v) is 6.31. The van der Waals surface area contributed by atoms with Gasteiger partial charge in [-0.2, -0.15) is 10.1 Å². The molecule has 1 aromatic heterocycles. The SMILES string of the molecule is CCc1ccc([C@H]2C[C@@H](c3ccccc3OC)n3ncnc3N2)cc1. The highest BCUT2D eigenvalue weighted by Crippen LogP contribution is 2.40. The Morgan fingerprint density at radius 3 is 2.72 bits per heavy atom. The molecule has 2 heterocycles. The van der Waals surface area contributed by atoms with Gasteiger partial charge in [-0.05, 0) is 30.0 Å². The fourth-order valence-electron chi connectivity index (χ4n) is 3.52. The van der Waals surface area contributed by atoms with Gasteiger partial charge in [0, 0.05) is 5.56 Å². The van der Waals surface area contributed by atoms with Crippen LogP contribution in [0.2, 0.25) is 0 Å². The van der Waals surface area contributed by atoms with Gasteiger partial charge in [-0.15, -0.1) is 0 Å². The molecule has 0 fully saturated rings. The molecule has 0 saturated heterocycles. The van der Waals surface area contributed by atoms with Crippen molar-refractivity contribution < 1.29 is 4.74 Å².